The molecule has 102 valence electrons. The summed E-state index contributed by atoms with van der Waals surface area (Å²) in [6.07, 6.45) is 4.20. The predicted molar refractivity (Wildman–Crippen MR) is 72.1 cm³/mol. The summed E-state index contributed by atoms with van der Waals surface area (Å²) in [7, 11) is 1.96. The summed E-state index contributed by atoms with van der Waals surface area (Å²) >= 11 is 0. The normalized spacial score (nSPS) is 20.2. The average Bonchev–Trinajstić information content (AvgIpc) is 2.76. The van der Waals surface area contributed by atoms with Crippen LogP contribution in [0.15, 0.2) is 6.33 Å². The van der Waals surface area contributed by atoms with Crippen molar-refractivity contribution in [2.75, 3.05) is 19.6 Å². The maximum Gasteiger partial charge on any atom is 0.140 e. The van der Waals surface area contributed by atoms with Gasteiger partial charge < -0.3 is 5.32 Å². The third-order valence-corrected chi connectivity index (χ3v) is 4.04. The summed E-state index contributed by atoms with van der Waals surface area (Å²) in [6, 6.07) is 0.645. The molecule has 1 atom stereocenters. The molecule has 0 radical (unpaired) electrons. The fraction of sp³-hybridized carbons (Fsp3) is 0.846. The molecule has 0 saturated carbocycles. The van der Waals surface area contributed by atoms with Gasteiger partial charge in [-0.05, 0) is 45.3 Å². The number of hydrogen-bond acceptors (Lipinski definition) is 4. The van der Waals surface area contributed by atoms with Gasteiger partial charge in [0.25, 0.3) is 0 Å². The van der Waals surface area contributed by atoms with Crippen molar-refractivity contribution in [3.8, 4) is 0 Å². The highest BCUT2D eigenvalue weighted by atomic mass is 15.3. The molecule has 1 N–H and O–H groups in total. The second kappa shape index (κ2) is 6.29. The molecular formula is C13H25N5. The Hall–Kier alpha value is -0.940. The van der Waals surface area contributed by atoms with Crippen LogP contribution in [0.3, 0.4) is 0 Å². The van der Waals surface area contributed by atoms with Gasteiger partial charge >= 0.3 is 0 Å². The van der Waals surface area contributed by atoms with Crippen molar-refractivity contribution in [3.05, 3.63) is 12.2 Å². The molecule has 1 unspecified atom stereocenters. The summed E-state index contributed by atoms with van der Waals surface area (Å²) in [5, 5.41) is 7.66. The van der Waals surface area contributed by atoms with Crippen LogP contribution >= 0.6 is 0 Å². The lowest BCUT2D eigenvalue weighted by atomic mass is 9.90. The van der Waals surface area contributed by atoms with Crippen LogP contribution < -0.4 is 5.32 Å². The molecule has 5 nitrogen and oxygen atoms in total. The molecule has 5 heteroatoms. The fourth-order valence-corrected chi connectivity index (χ4v) is 2.76. The van der Waals surface area contributed by atoms with Gasteiger partial charge in [0.1, 0.15) is 12.2 Å². The van der Waals surface area contributed by atoms with Gasteiger partial charge in [-0.15, -0.1) is 0 Å². The van der Waals surface area contributed by atoms with Gasteiger partial charge in [0, 0.05) is 13.1 Å². The van der Waals surface area contributed by atoms with Crippen LogP contribution in [0.25, 0.3) is 0 Å². The van der Waals surface area contributed by atoms with Crippen LogP contribution in [0.2, 0.25) is 0 Å². The van der Waals surface area contributed by atoms with Crippen molar-refractivity contribution in [2.45, 2.75) is 39.3 Å². The first-order valence-corrected chi connectivity index (χ1v) is 6.99. The average molecular weight is 251 g/mol. The first kappa shape index (κ1) is 13.5. The predicted octanol–water partition coefficient (Wildman–Crippen LogP) is 1.03. The molecule has 2 heterocycles. The third kappa shape index (κ3) is 3.29. The Morgan fingerprint density at radius 3 is 2.72 bits per heavy atom. The lowest BCUT2D eigenvalue weighted by molar-refractivity contribution is 0.153. The molecule has 1 aromatic rings. The van der Waals surface area contributed by atoms with Crippen LogP contribution in [0.5, 0.6) is 0 Å². The highest BCUT2D eigenvalue weighted by Crippen LogP contribution is 2.21. The minimum Gasteiger partial charge on any atom is -0.314 e. The molecule has 0 aliphatic carbocycles. The van der Waals surface area contributed by atoms with Gasteiger partial charge in [-0.1, -0.05) is 6.92 Å². The van der Waals surface area contributed by atoms with E-state index in [0.717, 1.165) is 24.8 Å². The van der Waals surface area contributed by atoms with E-state index in [9.17, 15) is 0 Å². The molecule has 1 saturated heterocycles. The highest BCUT2D eigenvalue weighted by molar-refractivity contribution is 4.86. The quantitative estimate of drug-likeness (QED) is 0.849. The van der Waals surface area contributed by atoms with Crippen molar-refractivity contribution < 1.29 is 0 Å². The molecule has 0 amide bonds. The SMILES string of the molecule is CCNC(C)C1CCN(Cc2ncnn2C)CC1. The molecule has 18 heavy (non-hydrogen) atoms. The van der Waals surface area contributed by atoms with E-state index in [1.165, 1.54) is 25.9 Å². The Labute approximate surface area is 110 Å². The summed E-state index contributed by atoms with van der Waals surface area (Å²) in [5.74, 6) is 1.88. The van der Waals surface area contributed by atoms with Crippen molar-refractivity contribution in [2.24, 2.45) is 13.0 Å². The van der Waals surface area contributed by atoms with Gasteiger partial charge in [0.15, 0.2) is 0 Å². The molecular weight excluding hydrogens is 226 g/mol. The second-order valence-electron chi connectivity index (χ2n) is 5.26. The van der Waals surface area contributed by atoms with Crippen molar-refractivity contribution in [1.82, 2.24) is 25.0 Å². The van der Waals surface area contributed by atoms with Crippen LogP contribution in [-0.2, 0) is 13.6 Å². The fourth-order valence-electron chi connectivity index (χ4n) is 2.76. The van der Waals surface area contributed by atoms with E-state index in [0.29, 0.717) is 6.04 Å². The van der Waals surface area contributed by atoms with E-state index < -0.39 is 0 Å². The Balaban J connectivity index is 1.78. The molecule has 1 fully saturated rings. The van der Waals surface area contributed by atoms with Crippen molar-refractivity contribution in [1.29, 1.82) is 0 Å². The van der Waals surface area contributed by atoms with E-state index in [1.54, 1.807) is 6.33 Å². The molecule has 0 bridgehead atoms. The minimum atomic E-state index is 0.645. The van der Waals surface area contributed by atoms with E-state index in [2.05, 4.69) is 34.1 Å². The maximum atomic E-state index is 4.29. The van der Waals surface area contributed by atoms with Crippen LogP contribution in [0, 0.1) is 5.92 Å². The first-order chi connectivity index (χ1) is 8.70. The van der Waals surface area contributed by atoms with Gasteiger partial charge in [-0.2, -0.15) is 5.10 Å². The number of hydrogen-bond donors (Lipinski definition) is 1. The molecule has 0 aromatic carbocycles. The number of rotatable bonds is 5. The van der Waals surface area contributed by atoms with E-state index in [-0.39, 0.29) is 0 Å². The zero-order chi connectivity index (χ0) is 13.0. The Bertz CT molecular complexity index is 354. The molecule has 1 aliphatic heterocycles. The smallest absolute Gasteiger partial charge is 0.140 e. The molecule has 1 aliphatic rings. The zero-order valence-corrected chi connectivity index (χ0v) is 11.8. The lowest BCUT2D eigenvalue weighted by Crippen LogP contribution is -2.41. The number of nitrogens with one attached hydrogen (secondary N) is 1. The second-order valence-corrected chi connectivity index (χ2v) is 5.26. The van der Waals surface area contributed by atoms with Crippen LogP contribution in [0.1, 0.15) is 32.5 Å². The zero-order valence-electron chi connectivity index (χ0n) is 11.8. The van der Waals surface area contributed by atoms with E-state index >= 15 is 0 Å². The van der Waals surface area contributed by atoms with Gasteiger partial charge in [0.05, 0.1) is 6.54 Å². The number of likely N-dealkylation sites (tertiary alicyclic amines) is 1. The van der Waals surface area contributed by atoms with Gasteiger partial charge in [-0.25, -0.2) is 4.98 Å². The van der Waals surface area contributed by atoms with Crippen molar-refractivity contribution in [3.63, 3.8) is 0 Å². The minimum absolute atomic E-state index is 0.645. The highest BCUT2D eigenvalue weighted by Gasteiger charge is 2.23. The number of aromatic nitrogens is 3. The summed E-state index contributed by atoms with van der Waals surface area (Å²) in [6.45, 7) is 8.84. The first-order valence-electron chi connectivity index (χ1n) is 6.99. The van der Waals surface area contributed by atoms with Crippen LogP contribution in [-0.4, -0.2) is 45.3 Å². The van der Waals surface area contributed by atoms with Crippen LogP contribution in [0.4, 0.5) is 0 Å². The molecule has 1 aromatic heterocycles. The maximum absolute atomic E-state index is 4.29. The largest absolute Gasteiger partial charge is 0.314 e. The van der Waals surface area contributed by atoms with E-state index in [4.69, 9.17) is 0 Å². The van der Waals surface area contributed by atoms with Gasteiger partial charge in [0.2, 0.25) is 0 Å². The van der Waals surface area contributed by atoms with Gasteiger partial charge in [-0.3, -0.25) is 9.58 Å². The summed E-state index contributed by atoms with van der Waals surface area (Å²) in [5.41, 5.74) is 0. The molecule has 0 spiro atoms. The Kier molecular flexibility index (Phi) is 4.72. The standard InChI is InChI=1S/C13H25N5/c1-4-14-11(2)12-5-7-18(8-6-12)9-13-15-10-16-17(13)3/h10-12,14H,4-9H2,1-3H3. The van der Waals surface area contributed by atoms with E-state index in [1.807, 2.05) is 11.7 Å². The summed E-state index contributed by atoms with van der Waals surface area (Å²) < 4.78 is 1.87. The third-order valence-electron chi connectivity index (χ3n) is 4.04. The monoisotopic (exact) mass is 251 g/mol. The summed E-state index contributed by atoms with van der Waals surface area (Å²) in [4.78, 5) is 6.78. The van der Waals surface area contributed by atoms with Crippen molar-refractivity contribution >= 4 is 0 Å². The Morgan fingerprint density at radius 2 is 2.17 bits per heavy atom. The topological polar surface area (TPSA) is 46.0 Å². The molecule has 2 rings (SSSR count). The lowest BCUT2D eigenvalue weighted by Gasteiger charge is -2.34. The number of nitrogens with zero attached hydrogens (tertiary/aromatic N) is 4. The number of aryl methyl sites for hydroxylation is 1. The Morgan fingerprint density at radius 1 is 1.44 bits per heavy atom. The number of piperidine rings is 1.